The number of carbonyl (C=O) groups is 2. The molecular weight excluding hydrogens is 512 g/mol. The molecule has 37 heavy (non-hydrogen) atoms. The van der Waals surface area contributed by atoms with Gasteiger partial charge in [-0.25, -0.2) is 9.78 Å². The Bertz CT molecular complexity index is 1240. The summed E-state index contributed by atoms with van der Waals surface area (Å²) in [4.78, 5) is 28.5. The minimum absolute atomic E-state index is 0.0321. The minimum atomic E-state index is -5.04. The normalized spacial score (nSPS) is 11.5. The van der Waals surface area contributed by atoms with E-state index in [-0.39, 0.29) is 34.7 Å². The van der Waals surface area contributed by atoms with Crippen molar-refractivity contribution in [3.8, 4) is 23.1 Å². The number of ether oxygens (including phenoxy) is 3. The first-order chi connectivity index (χ1) is 17.3. The Morgan fingerprint density at radius 1 is 0.838 bits per heavy atom. The van der Waals surface area contributed by atoms with Crippen LogP contribution in [-0.2, 0) is 12.4 Å². The number of nitrogens with one attached hydrogen (secondary N) is 2. The van der Waals surface area contributed by atoms with E-state index in [1.807, 2.05) is 0 Å². The largest absolute Gasteiger partial charge is 0.496 e. The molecule has 196 valence electrons. The van der Waals surface area contributed by atoms with Crippen LogP contribution in [0.4, 0.5) is 36.8 Å². The van der Waals surface area contributed by atoms with Crippen LogP contribution >= 0.6 is 0 Å². The second kappa shape index (κ2) is 10.6. The number of nitrogens with zero attached hydrogens (tertiary/aromatic N) is 1. The van der Waals surface area contributed by atoms with Crippen molar-refractivity contribution >= 4 is 17.6 Å². The molecule has 2 aromatic carbocycles. The molecule has 0 fully saturated rings. The Hall–Kier alpha value is -4.49. The molecule has 3 amide bonds. The van der Waals surface area contributed by atoms with E-state index in [4.69, 9.17) is 14.2 Å². The zero-order valence-electron chi connectivity index (χ0n) is 19.0. The predicted molar refractivity (Wildman–Crippen MR) is 117 cm³/mol. The average molecular weight is 529 g/mol. The topological polar surface area (TPSA) is 98.8 Å². The molecule has 8 nitrogen and oxygen atoms in total. The second-order valence-electron chi connectivity index (χ2n) is 7.17. The van der Waals surface area contributed by atoms with E-state index in [1.54, 1.807) is 6.07 Å². The van der Waals surface area contributed by atoms with Gasteiger partial charge in [0.05, 0.1) is 37.2 Å². The fourth-order valence-corrected chi connectivity index (χ4v) is 3.02. The highest BCUT2D eigenvalue weighted by molar-refractivity contribution is 6.10. The summed E-state index contributed by atoms with van der Waals surface area (Å²) in [6.07, 6.45) is -9.07. The van der Waals surface area contributed by atoms with Gasteiger partial charge in [-0.2, -0.15) is 26.3 Å². The van der Waals surface area contributed by atoms with E-state index in [0.717, 1.165) is 12.3 Å². The number of alkyl halides is 6. The number of halogens is 6. The second-order valence-corrected chi connectivity index (χ2v) is 7.17. The number of hydrogen-bond donors (Lipinski definition) is 2. The van der Waals surface area contributed by atoms with Gasteiger partial charge in [0, 0.05) is 6.07 Å². The number of rotatable bonds is 6. The van der Waals surface area contributed by atoms with Crippen molar-refractivity contribution in [1.82, 2.24) is 10.3 Å². The van der Waals surface area contributed by atoms with E-state index in [1.165, 1.54) is 32.4 Å². The highest BCUT2D eigenvalue weighted by Gasteiger charge is 2.37. The predicted octanol–water partition coefficient (Wildman–Crippen LogP) is 5.89. The van der Waals surface area contributed by atoms with Crippen molar-refractivity contribution in [3.63, 3.8) is 0 Å². The summed E-state index contributed by atoms with van der Waals surface area (Å²) in [5, 5.41) is 4.37. The molecule has 3 aromatic rings. The van der Waals surface area contributed by atoms with Gasteiger partial charge in [0.25, 0.3) is 5.91 Å². The molecule has 3 rings (SSSR count). The molecule has 0 aliphatic heterocycles. The van der Waals surface area contributed by atoms with Crippen LogP contribution in [-0.4, -0.2) is 31.1 Å². The van der Waals surface area contributed by atoms with Crippen molar-refractivity contribution < 1.29 is 50.1 Å². The summed E-state index contributed by atoms with van der Waals surface area (Å²) in [5.74, 6) is -1.64. The van der Waals surface area contributed by atoms with Crippen LogP contribution < -0.4 is 24.8 Å². The maximum absolute atomic E-state index is 13.0. The lowest BCUT2D eigenvalue weighted by Crippen LogP contribution is -2.34. The average Bonchev–Trinajstić information content (AvgIpc) is 2.83. The maximum atomic E-state index is 13.0. The van der Waals surface area contributed by atoms with Crippen molar-refractivity contribution in [2.45, 2.75) is 12.4 Å². The van der Waals surface area contributed by atoms with E-state index in [9.17, 15) is 35.9 Å². The van der Waals surface area contributed by atoms with Crippen LogP contribution in [0, 0.1) is 0 Å². The number of hydrogen-bond acceptors (Lipinski definition) is 6. The number of urea groups is 1. The summed E-state index contributed by atoms with van der Waals surface area (Å²) in [5.41, 5.74) is -3.11. The SMILES string of the molecule is COc1cccc(OC)c1C(=O)NC(=O)Nc1ccc(Oc2cc(C(F)(F)F)cc(C(F)(F)F)c2)nc1. The molecule has 1 aromatic heterocycles. The molecular formula is C23H17F6N3O5. The zero-order valence-corrected chi connectivity index (χ0v) is 19.0. The molecule has 0 aliphatic carbocycles. The Balaban J connectivity index is 1.71. The van der Waals surface area contributed by atoms with Crippen molar-refractivity contribution in [2.75, 3.05) is 19.5 Å². The van der Waals surface area contributed by atoms with E-state index >= 15 is 0 Å². The lowest BCUT2D eigenvalue weighted by atomic mass is 10.1. The van der Waals surface area contributed by atoms with Crippen LogP contribution in [0.1, 0.15) is 21.5 Å². The molecule has 0 saturated heterocycles. The number of benzene rings is 2. The fourth-order valence-electron chi connectivity index (χ4n) is 3.02. The van der Waals surface area contributed by atoms with Gasteiger partial charge < -0.3 is 19.5 Å². The third-order valence-electron chi connectivity index (χ3n) is 4.66. The summed E-state index contributed by atoms with van der Waals surface area (Å²) >= 11 is 0. The van der Waals surface area contributed by atoms with Gasteiger partial charge in [-0.15, -0.1) is 0 Å². The third kappa shape index (κ3) is 6.80. The van der Waals surface area contributed by atoms with Gasteiger partial charge >= 0.3 is 18.4 Å². The fraction of sp³-hybridized carbons (Fsp3) is 0.174. The molecule has 0 unspecified atom stereocenters. The monoisotopic (exact) mass is 529 g/mol. The van der Waals surface area contributed by atoms with Gasteiger partial charge in [0.1, 0.15) is 22.8 Å². The molecule has 0 bridgehead atoms. The molecule has 14 heteroatoms. The smallest absolute Gasteiger partial charge is 0.416 e. The number of carbonyl (C=O) groups excluding carboxylic acids is 2. The lowest BCUT2D eigenvalue weighted by Gasteiger charge is -2.14. The van der Waals surface area contributed by atoms with Crippen LogP contribution in [0.5, 0.6) is 23.1 Å². The molecule has 0 spiro atoms. The standard InChI is InChI=1S/C23H17F6N3O5/c1-35-16-4-3-5-17(36-2)19(16)20(33)32-21(34)31-14-6-7-18(30-11-14)37-15-9-12(22(24,25)26)8-13(10-15)23(27,28)29/h3-11H,1-2H3,(H2,31,32,33,34). The molecule has 1 heterocycles. The maximum Gasteiger partial charge on any atom is 0.416 e. The highest BCUT2D eigenvalue weighted by atomic mass is 19.4. The first-order valence-electron chi connectivity index (χ1n) is 10.1. The molecule has 0 aliphatic rings. The van der Waals surface area contributed by atoms with Crippen molar-refractivity contribution in [1.29, 1.82) is 0 Å². The Morgan fingerprint density at radius 3 is 1.86 bits per heavy atom. The summed E-state index contributed by atoms with van der Waals surface area (Å²) in [6.45, 7) is 0. The first-order valence-corrected chi connectivity index (χ1v) is 10.1. The number of aromatic nitrogens is 1. The van der Waals surface area contributed by atoms with Crippen LogP contribution in [0.2, 0.25) is 0 Å². The van der Waals surface area contributed by atoms with Crippen molar-refractivity contribution in [2.24, 2.45) is 0 Å². The highest BCUT2D eigenvalue weighted by Crippen LogP contribution is 2.39. The van der Waals surface area contributed by atoms with E-state index < -0.39 is 41.2 Å². The zero-order chi connectivity index (χ0) is 27.4. The van der Waals surface area contributed by atoms with Crippen molar-refractivity contribution in [3.05, 3.63) is 71.4 Å². The van der Waals surface area contributed by atoms with Gasteiger partial charge in [-0.1, -0.05) is 6.07 Å². The number of imide groups is 1. The number of pyridine rings is 1. The number of methoxy groups -OCH3 is 2. The Morgan fingerprint density at radius 2 is 1.41 bits per heavy atom. The Labute approximate surface area is 205 Å². The van der Waals surface area contributed by atoms with E-state index in [0.29, 0.717) is 12.1 Å². The molecule has 0 atom stereocenters. The minimum Gasteiger partial charge on any atom is -0.496 e. The van der Waals surface area contributed by atoms with Gasteiger partial charge in [0.15, 0.2) is 0 Å². The summed E-state index contributed by atoms with van der Waals surface area (Å²) in [6, 6.07) is 6.63. The van der Waals surface area contributed by atoms with Gasteiger partial charge in [0.2, 0.25) is 5.88 Å². The lowest BCUT2D eigenvalue weighted by molar-refractivity contribution is -0.143. The first kappa shape index (κ1) is 27.1. The summed E-state index contributed by atoms with van der Waals surface area (Å²) in [7, 11) is 2.65. The molecule has 0 radical (unpaired) electrons. The quantitative estimate of drug-likeness (QED) is 0.387. The van der Waals surface area contributed by atoms with Crippen LogP contribution in [0.25, 0.3) is 0 Å². The number of amides is 3. The number of anilines is 1. The molecule has 2 N–H and O–H groups in total. The van der Waals surface area contributed by atoms with Gasteiger partial charge in [-0.05, 0) is 36.4 Å². The third-order valence-corrected chi connectivity index (χ3v) is 4.66. The van der Waals surface area contributed by atoms with Gasteiger partial charge in [-0.3, -0.25) is 10.1 Å². The summed E-state index contributed by atoms with van der Waals surface area (Å²) < 4.78 is 93.3. The van der Waals surface area contributed by atoms with E-state index in [2.05, 4.69) is 15.6 Å². The van der Waals surface area contributed by atoms with Crippen LogP contribution in [0.15, 0.2) is 54.7 Å². The Kier molecular flexibility index (Phi) is 7.79. The van der Waals surface area contributed by atoms with Crippen LogP contribution in [0.3, 0.4) is 0 Å². The molecule has 0 saturated carbocycles.